The number of hydrogen-bond donors (Lipinski definition) is 1. The highest BCUT2D eigenvalue weighted by atomic mass is 16.5. The van der Waals surface area contributed by atoms with Crippen LogP contribution in [0.4, 0.5) is 0 Å². The van der Waals surface area contributed by atoms with E-state index in [4.69, 9.17) is 10.00 Å². The van der Waals surface area contributed by atoms with Crippen LogP contribution in [-0.2, 0) is 4.74 Å². The van der Waals surface area contributed by atoms with Crippen molar-refractivity contribution in [3.05, 3.63) is 12.8 Å². The zero-order valence-corrected chi connectivity index (χ0v) is 5.76. The molecular weight excluding hydrogens is 128 g/mol. The molecule has 0 aromatic heterocycles. The summed E-state index contributed by atoms with van der Waals surface area (Å²) in [5.41, 5.74) is -0.284. The summed E-state index contributed by atoms with van der Waals surface area (Å²) in [7, 11) is 0. The highest BCUT2D eigenvalue weighted by Crippen LogP contribution is 2.24. The van der Waals surface area contributed by atoms with E-state index in [9.17, 15) is 0 Å². The zero-order chi connectivity index (χ0) is 7.45. The van der Waals surface area contributed by atoms with Gasteiger partial charge in [0.2, 0.25) is 0 Å². The molecule has 0 amide bonds. The van der Waals surface area contributed by atoms with Gasteiger partial charge in [-0.15, -0.1) is 0 Å². The van der Waals surface area contributed by atoms with Crippen LogP contribution in [0, 0.1) is 16.7 Å². The van der Waals surface area contributed by atoms with Gasteiger partial charge in [-0.25, -0.2) is 0 Å². The Hall–Kier alpha value is -1.01. The van der Waals surface area contributed by atoms with Gasteiger partial charge >= 0.3 is 0 Å². The van der Waals surface area contributed by atoms with E-state index in [0.717, 1.165) is 0 Å². The van der Waals surface area contributed by atoms with Crippen molar-refractivity contribution in [1.29, 1.82) is 5.26 Å². The lowest BCUT2D eigenvalue weighted by Crippen LogP contribution is -2.47. The molecule has 1 rings (SSSR count). The molecule has 1 aliphatic heterocycles. The second-order valence-corrected chi connectivity index (χ2v) is 2.47. The topological polar surface area (TPSA) is 45.0 Å². The Kier molecular flexibility index (Phi) is 1.93. The molecule has 0 aromatic rings. The monoisotopic (exact) mass is 138 g/mol. The lowest BCUT2D eigenvalue weighted by molar-refractivity contribution is -0.0740. The summed E-state index contributed by atoms with van der Waals surface area (Å²) in [5.74, 6) is 0. The first-order valence-corrected chi connectivity index (χ1v) is 3.16. The summed E-state index contributed by atoms with van der Waals surface area (Å²) < 4.78 is 4.93. The van der Waals surface area contributed by atoms with Crippen LogP contribution in [0.1, 0.15) is 0 Å². The van der Waals surface area contributed by atoms with Crippen LogP contribution in [0.25, 0.3) is 0 Å². The Morgan fingerprint density at radius 3 is 2.80 bits per heavy atom. The Morgan fingerprint density at radius 2 is 2.50 bits per heavy atom. The number of rotatable bonds is 3. The fourth-order valence-corrected chi connectivity index (χ4v) is 0.822. The van der Waals surface area contributed by atoms with Crippen LogP contribution in [-0.4, -0.2) is 19.8 Å². The van der Waals surface area contributed by atoms with E-state index in [0.29, 0.717) is 19.8 Å². The van der Waals surface area contributed by atoms with E-state index in [-0.39, 0.29) is 5.41 Å². The Labute approximate surface area is 60.3 Å². The number of nitrogens with one attached hydrogen (secondary N) is 1. The normalized spacial score (nSPS) is 20.3. The molecule has 10 heavy (non-hydrogen) atoms. The van der Waals surface area contributed by atoms with Gasteiger partial charge in [-0.05, 0) is 6.20 Å². The fraction of sp³-hybridized carbons (Fsp3) is 0.571. The third-order valence-corrected chi connectivity index (χ3v) is 1.58. The molecule has 3 heteroatoms. The molecule has 1 saturated heterocycles. The highest BCUT2D eigenvalue weighted by molar-refractivity contribution is 5.05. The van der Waals surface area contributed by atoms with Gasteiger partial charge in [0.25, 0.3) is 0 Å². The van der Waals surface area contributed by atoms with E-state index in [1.54, 1.807) is 6.20 Å². The Balaban J connectivity index is 2.35. The van der Waals surface area contributed by atoms with Gasteiger partial charge in [-0.3, -0.25) is 0 Å². The Morgan fingerprint density at radius 1 is 1.80 bits per heavy atom. The average Bonchev–Trinajstić information content (AvgIpc) is 1.87. The number of nitriles is 1. The van der Waals surface area contributed by atoms with Crippen molar-refractivity contribution in [2.45, 2.75) is 0 Å². The predicted octanol–water partition coefficient (Wildman–Crippen LogP) is 0.260. The second-order valence-electron chi connectivity index (χ2n) is 2.47. The van der Waals surface area contributed by atoms with Gasteiger partial charge in [0.15, 0.2) is 0 Å². The van der Waals surface area contributed by atoms with Crippen molar-refractivity contribution in [2.24, 2.45) is 5.41 Å². The smallest absolute Gasteiger partial charge is 0.121 e. The molecule has 0 radical (unpaired) electrons. The third-order valence-electron chi connectivity index (χ3n) is 1.58. The van der Waals surface area contributed by atoms with Crippen molar-refractivity contribution in [2.75, 3.05) is 19.8 Å². The minimum atomic E-state index is -0.284. The number of hydrogen-bond acceptors (Lipinski definition) is 3. The molecule has 1 heterocycles. The number of nitrogens with zero attached hydrogens (tertiary/aromatic N) is 1. The average molecular weight is 138 g/mol. The van der Waals surface area contributed by atoms with E-state index < -0.39 is 0 Å². The summed E-state index contributed by atoms with van der Waals surface area (Å²) in [4.78, 5) is 0. The van der Waals surface area contributed by atoms with Gasteiger partial charge in [0, 0.05) is 6.54 Å². The van der Waals surface area contributed by atoms with E-state index >= 15 is 0 Å². The molecule has 0 bridgehead atoms. The van der Waals surface area contributed by atoms with Crippen molar-refractivity contribution in [3.8, 4) is 6.07 Å². The molecule has 54 valence electrons. The fourth-order valence-electron chi connectivity index (χ4n) is 0.822. The molecular formula is C7H10N2O. The highest BCUT2D eigenvalue weighted by Gasteiger charge is 2.38. The van der Waals surface area contributed by atoms with Crippen molar-refractivity contribution in [3.63, 3.8) is 0 Å². The van der Waals surface area contributed by atoms with E-state index in [2.05, 4.69) is 18.0 Å². The summed E-state index contributed by atoms with van der Waals surface area (Å²) in [6, 6.07) is 2.21. The van der Waals surface area contributed by atoms with Gasteiger partial charge in [-0.2, -0.15) is 5.26 Å². The van der Waals surface area contributed by atoms with Crippen LogP contribution in [0.5, 0.6) is 0 Å². The molecule has 3 nitrogen and oxygen atoms in total. The van der Waals surface area contributed by atoms with E-state index in [1.165, 1.54) is 0 Å². The molecule has 0 spiro atoms. The molecule has 0 atom stereocenters. The first-order chi connectivity index (χ1) is 4.83. The lowest BCUT2D eigenvalue weighted by Gasteiger charge is -2.34. The maximum absolute atomic E-state index is 8.66. The van der Waals surface area contributed by atoms with Crippen LogP contribution in [0.3, 0.4) is 0 Å². The van der Waals surface area contributed by atoms with Crippen LogP contribution in [0.2, 0.25) is 0 Å². The van der Waals surface area contributed by atoms with E-state index in [1.807, 2.05) is 0 Å². The summed E-state index contributed by atoms with van der Waals surface area (Å²) in [6.45, 7) is 5.23. The number of ether oxygens (including phenoxy) is 1. The first-order valence-electron chi connectivity index (χ1n) is 3.16. The van der Waals surface area contributed by atoms with Crippen molar-refractivity contribution >= 4 is 0 Å². The SMILES string of the molecule is C=CNCC1(C#N)COC1. The molecule has 1 N–H and O–H groups in total. The Bertz CT molecular complexity index is 167. The second kappa shape index (κ2) is 2.72. The summed E-state index contributed by atoms with van der Waals surface area (Å²) in [6.07, 6.45) is 1.59. The lowest BCUT2D eigenvalue weighted by atomic mass is 9.88. The molecule has 1 aliphatic rings. The molecule has 0 aromatic carbocycles. The quantitative estimate of drug-likeness (QED) is 0.608. The van der Waals surface area contributed by atoms with Gasteiger partial charge in [0.05, 0.1) is 19.3 Å². The predicted molar refractivity (Wildman–Crippen MR) is 37.1 cm³/mol. The van der Waals surface area contributed by atoms with Crippen molar-refractivity contribution in [1.82, 2.24) is 5.32 Å². The molecule has 0 aliphatic carbocycles. The largest absolute Gasteiger partial charge is 0.390 e. The molecule has 1 fully saturated rings. The third kappa shape index (κ3) is 1.12. The van der Waals surface area contributed by atoms with Gasteiger partial charge < -0.3 is 10.1 Å². The zero-order valence-electron chi connectivity index (χ0n) is 5.76. The van der Waals surface area contributed by atoms with Crippen LogP contribution in [0.15, 0.2) is 12.8 Å². The minimum absolute atomic E-state index is 0.284. The first kappa shape index (κ1) is 7.10. The molecule has 0 saturated carbocycles. The summed E-state index contributed by atoms with van der Waals surface area (Å²) >= 11 is 0. The maximum atomic E-state index is 8.66. The van der Waals surface area contributed by atoms with Crippen LogP contribution >= 0.6 is 0 Å². The van der Waals surface area contributed by atoms with Gasteiger partial charge in [0.1, 0.15) is 5.41 Å². The standard InChI is InChI=1S/C7H10N2O/c1-2-9-4-7(3-8)5-10-6-7/h2,9H,1,4-6H2. The molecule has 0 unspecified atom stereocenters. The van der Waals surface area contributed by atoms with Crippen molar-refractivity contribution < 1.29 is 4.74 Å². The van der Waals surface area contributed by atoms with Gasteiger partial charge in [-0.1, -0.05) is 6.58 Å². The van der Waals surface area contributed by atoms with Crippen LogP contribution < -0.4 is 5.32 Å². The maximum Gasteiger partial charge on any atom is 0.121 e. The summed E-state index contributed by atoms with van der Waals surface area (Å²) in [5, 5.41) is 11.6. The minimum Gasteiger partial charge on any atom is -0.390 e.